The number of ether oxygens (including phenoxy) is 1. The van der Waals surface area contributed by atoms with Gasteiger partial charge in [-0.1, -0.05) is 12.1 Å². The van der Waals surface area contributed by atoms with Crippen molar-refractivity contribution in [1.29, 1.82) is 0 Å². The monoisotopic (exact) mass is 443 g/mol. The van der Waals surface area contributed by atoms with Gasteiger partial charge in [-0.05, 0) is 69.2 Å². The summed E-state index contributed by atoms with van der Waals surface area (Å²) in [4.78, 5) is 17.0. The number of hydrogen-bond acceptors (Lipinski definition) is 5. The van der Waals surface area contributed by atoms with Crippen LogP contribution in [0.5, 0.6) is 11.5 Å². The first kappa shape index (κ1) is 22.3. The van der Waals surface area contributed by atoms with Gasteiger partial charge in [-0.2, -0.15) is 5.10 Å². The molecule has 0 spiro atoms. The van der Waals surface area contributed by atoms with Crippen LogP contribution in [0.1, 0.15) is 31.9 Å². The number of anilines is 2. The van der Waals surface area contributed by atoms with E-state index in [-0.39, 0.29) is 17.9 Å². The molecule has 0 aliphatic carbocycles. The molecule has 0 aliphatic heterocycles. The van der Waals surface area contributed by atoms with Crippen LogP contribution in [0, 0.1) is 6.92 Å². The molecule has 0 aliphatic rings. The Kier molecular flexibility index (Phi) is 6.05. The number of nitrogens with one attached hydrogen (secondary N) is 2. The van der Waals surface area contributed by atoms with Crippen molar-refractivity contribution in [3.8, 4) is 11.5 Å². The number of aryl methyl sites for hydroxylation is 1. The first-order valence-electron chi connectivity index (χ1n) is 10.9. The van der Waals surface area contributed by atoms with Gasteiger partial charge in [-0.15, -0.1) is 0 Å². The maximum atomic E-state index is 12.5. The van der Waals surface area contributed by atoms with Gasteiger partial charge in [-0.3, -0.25) is 14.5 Å². The third-order valence-electron chi connectivity index (χ3n) is 5.37. The molecule has 4 rings (SSSR count). The zero-order chi connectivity index (χ0) is 23.6. The van der Waals surface area contributed by atoms with Gasteiger partial charge in [0, 0.05) is 30.5 Å². The summed E-state index contributed by atoms with van der Waals surface area (Å²) in [5, 5.41) is 11.3. The van der Waals surface area contributed by atoms with Gasteiger partial charge in [0.2, 0.25) is 5.91 Å². The Labute approximate surface area is 193 Å². The van der Waals surface area contributed by atoms with Crippen LogP contribution < -0.4 is 15.4 Å². The molecule has 0 saturated carbocycles. The summed E-state index contributed by atoms with van der Waals surface area (Å²) in [7, 11) is 1.88. The van der Waals surface area contributed by atoms with Crippen molar-refractivity contribution in [3.05, 3.63) is 72.2 Å². The van der Waals surface area contributed by atoms with Crippen molar-refractivity contribution < 1.29 is 9.53 Å². The molecule has 4 aromatic rings. The molecule has 2 N–H and O–H groups in total. The highest BCUT2D eigenvalue weighted by molar-refractivity contribution is 5.92. The van der Waals surface area contributed by atoms with Crippen LogP contribution in [-0.4, -0.2) is 27.7 Å². The summed E-state index contributed by atoms with van der Waals surface area (Å²) in [5.74, 6) is 1.39. The van der Waals surface area contributed by atoms with E-state index in [1.807, 2.05) is 67.3 Å². The smallest absolute Gasteiger partial charge is 0.228 e. The lowest BCUT2D eigenvalue weighted by molar-refractivity contribution is -0.115. The predicted octanol–water partition coefficient (Wildman–Crippen LogP) is 5.51. The minimum atomic E-state index is -0.134. The second-order valence-electron chi connectivity index (χ2n) is 9.06. The van der Waals surface area contributed by atoms with E-state index in [4.69, 9.17) is 4.74 Å². The fourth-order valence-corrected chi connectivity index (χ4v) is 3.56. The molecule has 0 radical (unpaired) electrons. The topological polar surface area (TPSA) is 81.1 Å². The van der Waals surface area contributed by atoms with Gasteiger partial charge in [0.25, 0.3) is 0 Å². The van der Waals surface area contributed by atoms with Crippen LogP contribution >= 0.6 is 0 Å². The molecular formula is C26H29N5O2. The summed E-state index contributed by atoms with van der Waals surface area (Å²) in [6, 6.07) is 13.6. The second-order valence-corrected chi connectivity index (χ2v) is 9.06. The number of fused-ring (bicyclic) bond motifs is 1. The predicted molar refractivity (Wildman–Crippen MR) is 132 cm³/mol. The van der Waals surface area contributed by atoms with Crippen molar-refractivity contribution in [2.24, 2.45) is 0 Å². The zero-order valence-corrected chi connectivity index (χ0v) is 19.6. The van der Waals surface area contributed by atoms with Crippen molar-refractivity contribution in [1.82, 2.24) is 14.8 Å². The minimum absolute atomic E-state index is 0.0868. The van der Waals surface area contributed by atoms with Crippen molar-refractivity contribution in [2.45, 2.75) is 39.7 Å². The molecule has 2 heterocycles. The molecule has 0 bridgehead atoms. The average Bonchev–Trinajstić information content (AvgIpc) is 3.24. The fraction of sp³-hybridized carbons (Fsp3) is 0.269. The van der Waals surface area contributed by atoms with Gasteiger partial charge >= 0.3 is 0 Å². The number of rotatable bonds is 6. The largest absolute Gasteiger partial charge is 0.456 e. The standard InChI is InChI=1S/C26H29N5O2/c1-17-12-18(13-25(32)30-20-15-29-31(16-20)26(2,3)4)6-9-23(17)33-24-10-11-28-22-8-7-19(27-5)14-21(22)24/h6-12,14-16,27H,13H2,1-5H3,(H,30,32). The third-order valence-corrected chi connectivity index (χ3v) is 5.37. The van der Waals surface area contributed by atoms with Gasteiger partial charge in [0.1, 0.15) is 11.5 Å². The molecule has 33 heavy (non-hydrogen) atoms. The van der Waals surface area contributed by atoms with Crippen LogP contribution in [0.2, 0.25) is 0 Å². The Bertz CT molecular complexity index is 1300. The van der Waals surface area contributed by atoms with Crippen LogP contribution in [0.4, 0.5) is 11.4 Å². The van der Waals surface area contributed by atoms with Crippen LogP contribution in [0.25, 0.3) is 10.9 Å². The van der Waals surface area contributed by atoms with Gasteiger partial charge in [0.05, 0.1) is 29.4 Å². The lowest BCUT2D eigenvalue weighted by atomic mass is 10.1. The van der Waals surface area contributed by atoms with E-state index < -0.39 is 0 Å². The summed E-state index contributed by atoms with van der Waals surface area (Å²) in [6.45, 7) is 8.16. The van der Waals surface area contributed by atoms with Crippen LogP contribution in [0.15, 0.2) is 61.1 Å². The Morgan fingerprint density at radius 3 is 2.58 bits per heavy atom. The number of amides is 1. The van der Waals surface area contributed by atoms with Crippen molar-refractivity contribution in [3.63, 3.8) is 0 Å². The number of pyridine rings is 1. The molecule has 7 heteroatoms. The molecular weight excluding hydrogens is 414 g/mol. The molecule has 0 atom stereocenters. The SMILES string of the molecule is CNc1ccc2nccc(Oc3ccc(CC(=O)Nc4cnn(C(C)(C)C)c4)cc3C)c2c1. The van der Waals surface area contributed by atoms with E-state index in [0.717, 1.165) is 39.2 Å². The lowest BCUT2D eigenvalue weighted by Crippen LogP contribution is -2.22. The van der Waals surface area contributed by atoms with Gasteiger partial charge in [-0.25, -0.2) is 0 Å². The maximum absolute atomic E-state index is 12.5. The normalized spacial score (nSPS) is 11.4. The quantitative estimate of drug-likeness (QED) is 0.411. The number of carbonyl (C=O) groups excluding carboxylic acids is 1. The molecule has 0 unspecified atom stereocenters. The Morgan fingerprint density at radius 2 is 1.88 bits per heavy atom. The summed E-state index contributed by atoms with van der Waals surface area (Å²) in [5.41, 5.74) is 4.29. The van der Waals surface area contributed by atoms with Crippen molar-refractivity contribution in [2.75, 3.05) is 17.7 Å². The van der Waals surface area contributed by atoms with E-state index in [1.165, 1.54) is 0 Å². The lowest BCUT2D eigenvalue weighted by Gasteiger charge is -2.18. The zero-order valence-electron chi connectivity index (χ0n) is 19.6. The van der Waals surface area contributed by atoms with Crippen LogP contribution in [-0.2, 0) is 16.8 Å². The van der Waals surface area contributed by atoms with Gasteiger partial charge in [0.15, 0.2) is 0 Å². The molecule has 7 nitrogen and oxygen atoms in total. The van der Waals surface area contributed by atoms with E-state index in [9.17, 15) is 4.79 Å². The Hall–Kier alpha value is -3.87. The van der Waals surface area contributed by atoms with E-state index in [1.54, 1.807) is 12.4 Å². The average molecular weight is 444 g/mol. The number of carbonyl (C=O) groups is 1. The minimum Gasteiger partial charge on any atom is -0.456 e. The Balaban J connectivity index is 1.47. The van der Waals surface area contributed by atoms with Crippen molar-refractivity contribution >= 4 is 28.2 Å². The highest BCUT2D eigenvalue weighted by atomic mass is 16.5. The molecule has 0 saturated heterocycles. The molecule has 0 fully saturated rings. The van der Waals surface area contributed by atoms with Crippen LogP contribution in [0.3, 0.4) is 0 Å². The highest BCUT2D eigenvalue weighted by Gasteiger charge is 2.15. The number of nitrogens with zero attached hydrogens (tertiary/aromatic N) is 3. The number of aromatic nitrogens is 3. The maximum Gasteiger partial charge on any atom is 0.228 e. The third kappa shape index (κ3) is 5.14. The number of benzene rings is 2. The fourth-order valence-electron chi connectivity index (χ4n) is 3.56. The van der Waals surface area contributed by atoms with Gasteiger partial charge < -0.3 is 15.4 Å². The first-order chi connectivity index (χ1) is 15.7. The second kappa shape index (κ2) is 8.94. The van der Waals surface area contributed by atoms with E-state index in [0.29, 0.717) is 5.69 Å². The molecule has 2 aromatic carbocycles. The summed E-state index contributed by atoms with van der Waals surface area (Å²) in [6.07, 6.45) is 5.53. The first-order valence-corrected chi connectivity index (χ1v) is 10.9. The number of hydrogen-bond donors (Lipinski definition) is 2. The van der Waals surface area contributed by atoms with E-state index in [2.05, 4.69) is 41.5 Å². The molecule has 170 valence electrons. The summed E-state index contributed by atoms with van der Waals surface area (Å²) < 4.78 is 8.07. The Morgan fingerprint density at radius 1 is 1.06 bits per heavy atom. The summed E-state index contributed by atoms with van der Waals surface area (Å²) >= 11 is 0. The highest BCUT2D eigenvalue weighted by Crippen LogP contribution is 2.32. The van der Waals surface area contributed by atoms with E-state index >= 15 is 0 Å². The molecule has 2 aromatic heterocycles. The molecule has 1 amide bonds.